The summed E-state index contributed by atoms with van der Waals surface area (Å²) in [4.78, 5) is 29.9. The molecule has 0 radical (unpaired) electrons. The van der Waals surface area contributed by atoms with Crippen LogP contribution in [0.5, 0.6) is 11.5 Å². The first kappa shape index (κ1) is 18.9. The maximum absolute atomic E-state index is 10.6. The lowest BCUT2D eigenvalue weighted by Gasteiger charge is -2.06. The maximum Gasteiger partial charge on any atom is 0.124 e. The first-order valence-corrected chi connectivity index (χ1v) is 7.82. The van der Waals surface area contributed by atoms with Gasteiger partial charge in [-0.25, -0.2) is 0 Å². The summed E-state index contributed by atoms with van der Waals surface area (Å²) in [7, 11) is 0. The van der Waals surface area contributed by atoms with Gasteiger partial charge in [0.15, 0.2) is 0 Å². The highest BCUT2D eigenvalue weighted by Crippen LogP contribution is 2.25. The Morgan fingerprint density at radius 2 is 1.15 bits per heavy atom. The fraction of sp³-hybridized carbons (Fsp3) is 0.222. The van der Waals surface area contributed by atoms with Crippen molar-refractivity contribution in [1.82, 2.24) is 0 Å². The number of rotatable bonds is 7. The zero-order valence-electron chi connectivity index (χ0n) is 14.4. The van der Waals surface area contributed by atoms with E-state index in [9.17, 15) is 20.0 Å². The van der Waals surface area contributed by atoms with E-state index in [1.165, 1.54) is 36.4 Å². The number of benzene rings is 2. The van der Waals surface area contributed by atoms with E-state index in [4.69, 9.17) is 0 Å². The fourth-order valence-corrected chi connectivity index (χ4v) is 2.35. The molecule has 0 aliphatic rings. The predicted octanol–water partition coefficient (Wildman–Crippen LogP) is 4.21. The molecule has 2 N–H and O–H groups in total. The first-order chi connectivity index (χ1) is 12.5. The van der Waals surface area contributed by atoms with Crippen LogP contribution in [0.15, 0.2) is 56.7 Å². The molecule has 0 atom stereocenters. The molecule has 0 unspecified atom stereocenters. The molecule has 134 valence electrons. The summed E-state index contributed by atoms with van der Waals surface area (Å²) in [5.74, 6) is 0.0304. The van der Waals surface area contributed by atoms with Gasteiger partial charge in [0.1, 0.15) is 22.9 Å². The molecule has 0 aliphatic carbocycles. The Morgan fingerprint density at radius 1 is 0.769 bits per heavy atom. The van der Waals surface area contributed by atoms with Crippen molar-refractivity contribution < 1.29 is 10.2 Å². The SMILES string of the molecule is CC(=NCCN=C(C)c1cc(N=O)ccc1O)c1cc(N=O)ccc1O. The van der Waals surface area contributed by atoms with Crippen molar-refractivity contribution in [3.8, 4) is 11.5 Å². The molecule has 0 saturated carbocycles. The van der Waals surface area contributed by atoms with Gasteiger partial charge in [-0.1, -0.05) is 0 Å². The van der Waals surface area contributed by atoms with Crippen molar-refractivity contribution in [1.29, 1.82) is 0 Å². The van der Waals surface area contributed by atoms with Crippen molar-refractivity contribution >= 4 is 22.8 Å². The third-order valence-electron chi connectivity index (χ3n) is 3.75. The Hall–Kier alpha value is -3.42. The lowest BCUT2D eigenvalue weighted by Crippen LogP contribution is -2.01. The van der Waals surface area contributed by atoms with Crippen molar-refractivity contribution in [2.24, 2.45) is 20.3 Å². The molecule has 2 aromatic rings. The molecule has 0 aromatic heterocycles. The van der Waals surface area contributed by atoms with Crippen molar-refractivity contribution in [3.63, 3.8) is 0 Å². The molecule has 26 heavy (non-hydrogen) atoms. The van der Waals surface area contributed by atoms with Crippen molar-refractivity contribution in [2.45, 2.75) is 13.8 Å². The van der Waals surface area contributed by atoms with Gasteiger partial charge in [-0.2, -0.15) is 0 Å². The largest absolute Gasteiger partial charge is 0.507 e. The van der Waals surface area contributed by atoms with E-state index in [0.29, 0.717) is 35.6 Å². The summed E-state index contributed by atoms with van der Waals surface area (Å²) in [6, 6.07) is 8.55. The monoisotopic (exact) mass is 354 g/mol. The number of aliphatic imine (C=N–C) groups is 2. The van der Waals surface area contributed by atoms with E-state index in [2.05, 4.69) is 20.3 Å². The highest BCUT2D eigenvalue weighted by Gasteiger charge is 2.08. The molecular formula is C18H18N4O4. The van der Waals surface area contributed by atoms with Gasteiger partial charge in [0.05, 0.1) is 13.1 Å². The van der Waals surface area contributed by atoms with Gasteiger partial charge in [-0.15, -0.1) is 9.81 Å². The highest BCUT2D eigenvalue weighted by molar-refractivity contribution is 6.02. The number of phenols is 2. The van der Waals surface area contributed by atoms with Gasteiger partial charge in [0, 0.05) is 22.6 Å². The number of hydrogen-bond acceptors (Lipinski definition) is 8. The second-order valence-electron chi connectivity index (χ2n) is 5.52. The average molecular weight is 354 g/mol. The molecule has 0 amide bonds. The number of hydrogen-bond donors (Lipinski definition) is 2. The number of nitrogens with zero attached hydrogens (tertiary/aromatic N) is 4. The van der Waals surface area contributed by atoms with E-state index in [1.807, 2.05) is 0 Å². The topological polar surface area (TPSA) is 124 Å². The van der Waals surface area contributed by atoms with Gasteiger partial charge in [0.2, 0.25) is 0 Å². The predicted molar refractivity (Wildman–Crippen MR) is 101 cm³/mol. The zero-order valence-corrected chi connectivity index (χ0v) is 14.4. The minimum absolute atomic E-state index is 0.0152. The van der Waals surface area contributed by atoms with Gasteiger partial charge < -0.3 is 10.2 Å². The minimum Gasteiger partial charge on any atom is -0.507 e. The molecular weight excluding hydrogens is 336 g/mol. The van der Waals surface area contributed by atoms with Crippen LogP contribution in [0.4, 0.5) is 11.4 Å². The Morgan fingerprint density at radius 3 is 1.50 bits per heavy atom. The van der Waals surface area contributed by atoms with Crippen LogP contribution in [-0.4, -0.2) is 34.7 Å². The lowest BCUT2D eigenvalue weighted by atomic mass is 10.1. The van der Waals surface area contributed by atoms with E-state index in [1.54, 1.807) is 13.8 Å². The van der Waals surface area contributed by atoms with E-state index in [0.717, 1.165) is 0 Å². The summed E-state index contributed by atoms with van der Waals surface area (Å²) < 4.78 is 0. The molecule has 0 spiro atoms. The van der Waals surface area contributed by atoms with E-state index in [-0.39, 0.29) is 22.9 Å². The van der Waals surface area contributed by atoms with Crippen LogP contribution in [0.3, 0.4) is 0 Å². The number of nitroso groups, excluding NO2 is 2. The molecule has 8 nitrogen and oxygen atoms in total. The van der Waals surface area contributed by atoms with Gasteiger partial charge >= 0.3 is 0 Å². The number of phenolic OH excluding ortho intramolecular Hbond substituents is 2. The van der Waals surface area contributed by atoms with Crippen LogP contribution in [0, 0.1) is 9.81 Å². The second kappa shape index (κ2) is 8.61. The maximum atomic E-state index is 10.6. The summed E-state index contributed by atoms with van der Waals surface area (Å²) in [5, 5.41) is 25.4. The van der Waals surface area contributed by atoms with Crippen molar-refractivity contribution in [2.75, 3.05) is 13.1 Å². The molecule has 0 aliphatic heterocycles. The quantitative estimate of drug-likeness (QED) is 0.439. The normalized spacial score (nSPS) is 12.1. The molecule has 0 bridgehead atoms. The van der Waals surface area contributed by atoms with Gasteiger partial charge in [0.25, 0.3) is 0 Å². The highest BCUT2D eigenvalue weighted by atomic mass is 16.3. The first-order valence-electron chi connectivity index (χ1n) is 7.82. The molecule has 0 heterocycles. The van der Waals surface area contributed by atoms with Crippen LogP contribution in [-0.2, 0) is 0 Å². The third-order valence-corrected chi connectivity index (χ3v) is 3.75. The lowest BCUT2D eigenvalue weighted by molar-refractivity contribution is 0.473. The summed E-state index contributed by atoms with van der Waals surface area (Å²) in [6.45, 7) is 4.11. The summed E-state index contributed by atoms with van der Waals surface area (Å²) >= 11 is 0. The second-order valence-corrected chi connectivity index (χ2v) is 5.52. The third kappa shape index (κ3) is 4.56. The van der Waals surface area contributed by atoms with Crippen LogP contribution in [0.25, 0.3) is 0 Å². The molecule has 2 rings (SSSR count). The average Bonchev–Trinajstić information content (AvgIpc) is 2.65. The molecule has 8 heteroatoms. The van der Waals surface area contributed by atoms with E-state index >= 15 is 0 Å². The zero-order chi connectivity index (χ0) is 19.1. The standard InChI is InChI=1S/C18H18N4O4/c1-11(15-9-13(21-25)3-5-17(15)23)19-7-8-20-12(2)16-10-14(22-26)4-6-18(16)24/h3-6,9-10,23-24H,7-8H2,1-2H3. The van der Waals surface area contributed by atoms with Gasteiger partial charge in [-0.3, -0.25) is 9.98 Å². The minimum atomic E-state index is 0.0152. The Kier molecular flexibility index (Phi) is 6.26. The Bertz CT molecular complexity index is 817. The molecule has 0 saturated heterocycles. The summed E-state index contributed by atoms with van der Waals surface area (Å²) in [5.41, 5.74) is 2.39. The smallest absolute Gasteiger partial charge is 0.124 e. The van der Waals surface area contributed by atoms with E-state index < -0.39 is 0 Å². The summed E-state index contributed by atoms with van der Waals surface area (Å²) in [6.07, 6.45) is 0. The van der Waals surface area contributed by atoms with Crippen LogP contribution in [0.1, 0.15) is 25.0 Å². The fourth-order valence-electron chi connectivity index (χ4n) is 2.35. The molecule has 2 aromatic carbocycles. The Balaban J connectivity index is 2.09. The van der Waals surface area contributed by atoms with Crippen LogP contribution >= 0.6 is 0 Å². The van der Waals surface area contributed by atoms with Crippen LogP contribution < -0.4 is 0 Å². The number of aromatic hydroxyl groups is 2. The van der Waals surface area contributed by atoms with Crippen molar-refractivity contribution in [3.05, 3.63) is 57.3 Å². The van der Waals surface area contributed by atoms with Crippen LogP contribution in [0.2, 0.25) is 0 Å². The Labute approximate surface area is 149 Å². The van der Waals surface area contributed by atoms with Gasteiger partial charge in [-0.05, 0) is 60.6 Å². The molecule has 0 fully saturated rings.